The van der Waals surface area contributed by atoms with Crippen molar-refractivity contribution in [2.45, 2.75) is 69.1 Å². The second-order valence-electron chi connectivity index (χ2n) is 11.6. The first-order chi connectivity index (χ1) is 21.3. The van der Waals surface area contributed by atoms with Gasteiger partial charge in [-0.05, 0) is 73.1 Å². The quantitative estimate of drug-likeness (QED) is 0.289. The lowest BCUT2D eigenvalue weighted by Crippen LogP contribution is -2.45. The van der Waals surface area contributed by atoms with Crippen molar-refractivity contribution in [3.8, 4) is 0 Å². The maximum absolute atomic E-state index is 14.3. The number of alkyl halides is 3. The van der Waals surface area contributed by atoms with Crippen molar-refractivity contribution in [1.29, 1.82) is 0 Å². The first kappa shape index (κ1) is 30.9. The van der Waals surface area contributed by atoms with Crippen LogP contribution in [0.25, 0.3) is 5.65 Å². The topological polar surface area (TPSA) is 121 Å². The molecule has 6 rings (SSSR count). The number of rotatable bonds is 6. The van der Waals surface area contributed by atoms with Crippen LogP contribution in [0.4, 0.5) is 23.4 Å². The first-order valence-electron chi connectivity index (χ1n) is 14.4. The van der Waals surface area contributed by atoms with Gasteiger partial charge in [0.25, 0.3) is 0 Å². The Morgan fingerprint density at radius 3 is 2.64 bits per heavy atom. The monoisotopic (exact) mass is 646 g/mol. The van der Waals surface area contributed by atoms with Gasteiger partial charge in [-0.3, -0.25) is 9.20 Å². The molecule has 1 saturated heterocycles. The van der Waals surface area contributed by atoms with E-state index in [0.717, 1.165) is 41.5 Å². The maximum atomic E-state index is 14.3. The minimum absolute atomic E-state index is 0.0465. The molecule has 0 spiro atoms. The van der Waals surface area contributed by atoms with Crippen LogP contribution in [0.1, 0.15) is 65.2 Å². The summed E-state index contributed by atoms with van der Waals surface area (Å²) in [5.74, 6) is -3.62. The van der Waals surface area contributed by atoms with Crippen LogP contribution in [-0.4, -0.2) is 62.5 Å². The second kappa shape index (κ2) is 11.4. The van der Waals surface area contributed by atoms with Crippen LogP contribution in [0.15, 0.2) is 47.6 Å². The number of sulfonamides is 1. The smallest absolute Gasteiger partial charge is 0.452 e. The number of aryl methyl sites for hydroxylation is 2. The molecule has 0 unspecified atom stereocenters. The molecule has 2 aliphatic heterocycles. The van der Waals surface area contributed by atoms with Gasteiger partial charge in [-0.25, -0.2) is 17.8 Å². The van der Waals surface area contributed by atoms with Gasteiger partial charge in [0.15, 0.2) is 5.65 Å². The van der Waals surface area contributed by atoms with Crippen molar-refractivity contribution in [1.82, 2.24) is 23.9 Å². The highest BCUT2D eigenvalue weighted by molar-refractivity contribution is 7.89. The number of anilines is 1. The number of aliphatic carboxylic acids is 1. The predicted octanol–water partition coefficient (Wildman–Crippen LogP) is 5.07. The second-order valence-corrected chi connectivity index (χ2v) is 13.5. The Labute approximate surface area is 256 Å². The zero-order valence-electron chi connectivity index (χ0n) is 24.4. The summed E-state index contributed by atoms with van der Waals surface area (Å²) in [6.07, 6.45) is -0.397. The number of fused-ring (bicyclic) bond motifs is 4. The third-order valence-corrected chi connectivity index (χ3v) is 10.5. The SMILES string of the molecule is Cc1ccc([C@H](CC(=O)O)c2ccn3c(C(F)(F)F)nnc3c2C)cc1CN1C[C@H]2CCCCN2c2ncc(F)cc2S1(=O)=O. The number of carboxylic acids is 1. The molecular formula is C30H30F4N6O4S. The van der Waals surface area contributed by atoms with Crippen molar-refractivity contribution >= 4 is 27.5 Å². The van der Waals surface area contributed by atoms with E-state index in [1.54, 1.807) is 25.1 Å². The lowest BCUT2D eigenvalue weighted by molar-refractivity contribution is -0.145. The molecule has 0 amide bonds. The molecule has 0 saturated carbocycles. The molecule has 1 aromatic carbocycles. The van der Waals surface area contributed by atoms with Gasteiger partial charge in [0.05, 0.1) is 12.6 Å². The largest absolute Gasteiger partial charge is 0.481 e. The standard InChI is InChI=1S/C30H30F4N6O4S/c1-17-6-7-19(24(13-26(41)42)23-8-10-40-27(18(23)2)36-37-29(40)30(32,33)34)11-20(17)15-38-16-22-5-3-4-9-39(22)28-25(45(38,43)44)12-21(31)14-35-28/h6-8,10-12,14,22,24H,3-5,9,13,15-16H2,1-2H3,(H,41,42)/t22-,24+/m1/s1. The summed E-state index contributed by atoms with van der Waals surface area (Å²) in [5, 5.41) is 16.9. The lowest BCUT2D eigenvalue weighted by atomic mass is 9.85. The van der Waals surface area contributed by atoms with Gasteiger partial charge in [0.2, 0.25) is 15.8 Å². The highest BCUT2D eigenvalue weighted by Gasteiger charge is 2.40. The molecule has 0 radical (unpaired) electrons. The van der Waals surface area contributed by atoms with Gasteiger partial charge in [0, 0.05) is 37.8 Å². The zero-order valence-corrected chi connectivity index (χ0v) is 25.2. The molecule has 3 aromatic heterocycles. The minimum Gasteiger partial charge on any atom is -0.481 e. The number of halogens is 4. The van der Waals surface area contributed by atoms with Crippen LogP contribution in [0.2, 0.25) is 0 Å². The summed E-state index contributed by atoms with van der Waals surface area (Å²) >= 11 is 0. The fraction of sp³-hybridized carbons (Fsp3) is 0.400. The fourth-order valence-corrected chi connectivity index (χ4v) is 8.05. The van der Waals surface area contributed by atoms with E-state index in [1.165, 1.54) is 16.6 Å². The van der Waals surface area contributed by atoms with E-state index in [2.05, 4.69) is 15.2 Å². The summed E-state index contributed by atoms with van der Waals surface area (Å²) in [4.78, 5) is 17.9. The average molecular weight is 647 g/mol. The Kier molecular flexibility index (Phi) is 7.80. The van der Waals surface area contributed by atoms with Crippen molar-refractivity contribution in [2.75, 3.05) is 18.0 Å². The summed E-state index contributed by atoms with van der Waals surface area (Å²) in [6, 6.07) is 7.51. The molecule has 0 aliphatic carbocycles. The number of aromatic nitrogens is 4. The molecule has 0 bridgehead atoms. The summed E-state index contributed by atoms with van der Waals surface area (Å²) < 4.78 is 84.8. The van der Waals surface area contributed by atoms with E-state index >= 15 is 0 Å². The van der Waals surface area contributed by atoms with Gasteiger partial charge < -0.3 is 10.0 Å². The van der Waals surface area contributed by atoms with Crippen LogP contribution in [-0.2, 0) is 27.5 Å². The molecule has 238 valence electrons. The first-order valence-corrected chi connectivity index (χ1v) is 15.8. The van der Waals surface area contributed by atoms with Crippen molar-refractivity contribution in [2.24, 2.45) is 0 Å². The highest BCUT2D eigenvalue weighted by Crippen LogP contribution is 2.38. The highest BCUT2D eigenvalue weighted by atomic mass is 32.2. The van der Waals surface area contributed by atoms with Crippen LogP contribution >= 0.6 is 0 Å². The fourth-order valence-electron chi connectivity index (χ4n) is 6.43. The molecule has 2 atom stereocenters. The number of piperidine rings is 1. The van der Waals surface area contributed by atoms with E-state index in [1.807, 2.05) is 11.8 Å². The molecule has 10 nitrogen and oxygen atoms in total. The Bertz CT molecular complexity index is 1910. The predicted molar refractivity (Wildman–Crippen MR) is 155 cm³/mol. The van der Waals surface area contributed by atoms with Crippen LogP contribution in [0.3, 0.4) is 0 Å². The van der Waals surface area contributed by atoms with E-state index in [4.69, 9.17) is 0 Å². The Balaban J connectivity index is 1.41. The third kappa shape index (κ3) is 5.63. The van der Waals surface area contributed by atoms with E-state index in [0.29, 0.717) is 28.8 Å². The lowest BCUT2D eigenvalue weighted by Gasteiger charge is -2.36. The number of pyridine rings is 2. The number of carboxylic acid groups (broad SMARTS) is 1. The van der Waals surface area contributed by atoms with Gasteiger partial charge in [0.1, 0.15) is 16.5 Å². The number of nitrogens with zero attached hydrogens (tertiary/aromatic N) is 6. The average Bonchev–Trinajstić information content (AvgIpc) is 3.40. The Hall–Kier alpha value is -4.11. The molecule has 2 aliphatic rings. The van der Waals surface area contributed by atoms with Crippen molar-refractivity contribution in [3.05, 3.63) is 82.2 Å². The van der Waals surface area contributed by atoms with Crippen LogP contribution in [0, 0.1) is 19.7 Å². The third-order valence-electron chi connectivity index (χ3n) is 8.73. The molecule has 15 heteroatoms. The van der Waals surface area contributed by atoms with Gasteiger partial charge >= 0.3 is 12.1 Å². The molecule has 45 heavy (non-hydrogen) atoms. The normalized spacial score (nSPS) is 19.2. The molecule has 1 N–H and O–H groups in total. The molecule has 4 aromatic rings. The number of hydrogen-bond donors (Lipinski definition) is 1. The van der Waals surface area contributed by atoms with Gasteiger partial charge in [-0.1, -0.05) is 18.2 Å². The number of hydrogen-bond acceptors (Lipinski definition) is 7. The molecule has 1 fully saturated rings. The van der Waals surface area contributed by atoms with E-state index in [9.17, 15) is 35.9 Å². The minimum atomic E-state index is -4.73. The van der Waals surface area contributed by atoms with Gasteiger partial charge in [-0.2, -0.15) is 17.5 Å². The Morgan fingerprint density at radius 1 is 1.13 bits per heavy atom. The van der Waals surface area contributed by atoms with Crippen LogP contribution in [0.5, 0.6) is 0 Å². The van der Waals surface area contributed by atoms with Gasteiger partial charge in [-0.15, -0.1) is 10.2 Å². The van der Waals surface area contributed by atoms with E-state index in [-0.39, 0.29) is 41.9 Å². The number of carbonyl (C=O) groups is 1. The maximum Gasteiger partial charge on any atom is 0.452 e. The van der Waals surface area contributed by atoms with Crippen molar-refractivity contribution < 1.29 is 35.9 Å². The Morgan fingerprint density at radius 2 is 1.91 bits per heavy atom. The van der Waals surface area contributed by atoms with Crippen molar-refractivity contribution in [3.63, 3.8) is 0 Å². The van der Waals surface area contributed by atoms with E-state index < -0.39 is 39.7 Å². The summed E-state index contributed by atoms with van der Waals surface area (Å²) in [6.45, 7) is 4.08. The zero-order chi connectivity index (χ0) is 32.3. The summed E-state index contributed by atoms with van der Waals surface area (Å²) in [7, 11) is -4.17. The molecular weight excluding hydrogens is 616 g/mol. The van der Waals surface area contributed by atoms with Crippen LogP contribution < -0.4 is 4.90 Å². The molecule has 5 heterocycles. The number of benzene rings is 1. The summed E-state index contributed by atoms with van der Waals surface area (Å²) in [5.41, 5.74) is 2.66.